The molecule has 2 amide bonds. The van der Waals surface area contributed by atoms with E-state index in [0.29, 0.717) is 17.0 Å². The summed E-state index contributed by atoms with van der Waals surface area (Å²) in [4.78, 5) is 24.6. The maximum absolute atomic E-state index is 12.4. The van der Waals surface area contributed by atoms with Crippen LogP contribution in [0.2, 0.25) is 0 Å². The molecule has 138 valence electrons. The first-order valence-electron chi connectivity index (χ1n) is 8.82. The normalized spacial score (nSPS) is 11.7. The van der Waals surface area contributed by atoms with Crippen LogP contribution in [0.25, 0.3) is 0 Å². The van der Waals surface area contributed by atoms with Gasteiger partial charge in [-0.2, -0.15) is 0 Å². The second-order valence-corrected chi connectivity index (χ2v) is 7.34. The summed E-state index contributed by atoms with van der Waals surface area (Å²) in [5.74, 6) is 0.854. The number of rotatable bonds is 8. The van der Waals surface area contributed by atoms with Gasteiger partial charge in [-0.25, -0.2) is 0 Å². The molecule has 0 aliphatic heterocycles. The molecule has 26 heavy (non-hydrogen) atoms. The predicted octanol–water partition coefficient (Wildman–Crippen LogP) is 4.40. The topological polar surface area (TPSA) is 58.2 Å². The fraction of sp³-hybridized carbons (Fsp3) is 0.333. The van der Waals surface area contributed by atoms with Gasteiger partial charge in [-0.1, -0.05) is 48.9 Å². The Bertz CT molecular complexity index is 744. The molecule has 2 rings (SSSR count). The third-order valence-electron chi connectivity index (χ3n) is 4.06. The first-order chi connectivity index (χ1) is 12.5. The van der Waals surface area contributed by atoms with Crippen LogP contribution in [0.15, 0.2) is 48.5 Å². The number of hydrogen-bond acceptors (Lipinski definition) is 3. The van der Waals surface area contributed by atoms with Crippen molar-refractivity contribution in [3.63, 3.8) is 0 Å². The Morgan fingerprint density at radius 3 is 2.46 bits per heavy atom. The number of benzene rings is 2. The number of para-hydroxylation sites is 1. The van der Waals surface area contributed by atoms with Crippen molar-refractivity contribution in [1.29, 1.82) is 0 Å². The highest BCUT2D eigenvalue weighted by Gasteiger charge is 2.14. The van der Waals surface area contributed by atoms with Gasteiger partial charge in [0, 0.05) is 11.8 Å². The van der Waals surface area contributed by atoms with Gasteiger partial charge in [0.2, 0.25) is 5.91 Å². The van der Waals surface area contributed by atoms with Crippen LogP contribution in [0.1, 0.15) is 41.8 Å². The molecule has 0 aliphatic carbocycles. The number of hydrogen-bond donors (Lipinski definition) is 2. The van der Waals surface area contributed by atoms with Crippen LogP contribution in [-0.4, -0.2) is 23.6 Å². The van der Waals surface area contributed by atoms with Crippen LogP contribution in [-0.2, 0) is 10.5 Å². The van der Waals surface area contributed by atoms with E-state index >= 15 is 0 Å². The van der Waals surface area contributed by atoms with Gasteiger partial charge < -0.3 is 10.6 Å². The highest BCUT2D eigenvalue weighted by Crippen LogP contribution is 2.17. The van der Waals surface area contributed by atoms with E-state index in [4.69, 9.17) is 0 Å². The lowest BCUT2D eigenvalue weighted by molar-refractivity contribution is -0.113. The number of carbonyl (C=O) groups is 2. The quantitative estimate of drug-likeness (QED) is 0.724. The fourth-order valence-electron chi connectivity index (χ4n) is 2.33. The van der Waals surface area contributed by atoms with Gasteiger partial charge in [0.1, 0.15) is 0 Å². The van der Waals surface area contributed by atoms with Crippen molar-refractivity contribution < 1.29 is 9.59 Å². The van der Waals surface area contributed by atoms with Crippen molar-refractivity contribution in [2.45, 2.75) is 39.0 Å². The molecule has 2 aromatic carbocycles. The first kappa shape index (κ1) is 20.0. The highest BCUT2D eigenvalue weighted by molar-refractivity contribution is 7.99. The Balaban J connectivity index is 1.90. The zero-order valence-corrected chi connectivity index (χ0v) is 16.4. The molecule has 0 unspecified atom stereocenters. The molecule has 0 aromatic heterocycles. The average molecular weight is 371 g/mol. The molecular weight excluding hydrogens is 344 g/mol. The maximum Gasteiger partial charge on any atom is 0.253 e. The van der Waals surface area contributed by atoms with Crippen molar-refractivity contribution in [2.75, 3.05) is 11.1 Å². The van der Waals surface area contributed by atoms with Gasteiger partial charge in [0.15, 0.2) is 0 Å². The summed E-state index contributed by atoms with van der Waals surface area (Å²) in [6.45, 7) is 6.03. The summed E-state index contributed by atoms with van der Waals surface area (Å²) in [5, 5.41) is 5.79. The van der Waals surface area contributed by atoms with Crippen LogP contribution in [0.3, 0.4) is 0 Å². The summed E-state index contributed by atoms with van der Waals surface area (Å²) in [7, 11) is 0. The molecule has 2 aromatic rings. The van der Waals surface area contributed by atoms with Gasteiger partial charge in [-0.15, -0.1) is 11.8 Å². The van der Waals surface area contributed by atoms with E-state index in [-0.39, 0.29) is 17.9 Å². The molecular formula is C21H26N2O2S. The van der Waals surface area contributed by atoms with Gasteiger partial charge in [0.05, 0.1) is 17.0 Å². The molecule has 1 atom stereocenters. The van der Waals surface area contributed by atoms with E-state index in [0.717, 1.165) is 12.2 Å². The lowest BCUT2D eigenvalue weighted by Gasteiger charge is -2.14. The Morgan fingerprint density at radius 1 is 1.08 bits per heavy atom. The van der Waals surface area contributed by atoms with E-state index in [1.165, 1.54) is 11.1 Å². The van der Waals surface area contributed by atoms with E-state index in [2.05, 4.69) is 41.8 Å². The molecule has 0 radical (unpaired) electrons. The Hall–Kier alpha value is -2.27. The largest absolute Gasteiger partial charge is 0.350 e. The Morgan fingerprint density at radius 2 is 1.77 bits per heavy atom. The van der Waals surface area contributed by atoms with Crippen LogP contribution < -0.4 is 10.6 Å². The first-order valence-corrected chi connectivity index (χ1v) is 9.98. The number of amides is 2. The molecule has 0 bridgehead atoms. The monoisotopic (exact) mass is 370 g/mol. The maximum atomic E-state index is 12.4. The molecule has 0 spiro atoms. The number of carbonyl (C=O) groups excluding carboxylic acids is 2. The van der Waals surface area contributed by atoms with E-state index in [1.54, 1.807) is 30.0 Å². The van der Waals surface area contributed by atoms with E-state index in [9.17, 15) is 9.59 Å². The van der Waals surface area contributed by atoms with Gasteiger partial charge in [0.25, 0.3) is 5.91 Å². The molecule has 4 nitrogen and oxygen atoms in total. The van der Waals surface area contributed by atoms with E-state index < -0.39 is 0 Å². The molecule has 0 saturated heterocycles. The van der Waals surface area contributed by atoms with Crippen LogP contribution in [0.5, 0.6) is 0 Å². The van der Waals surface area contributed by atoms with E-state index in [1.807, 2.05) is 19.9 Å². The van der Waals surface area contributed by atoms with Crippen molar-refractivity contribution in [1.82, 2.24) is 5.32 Å². The molecule has 2 N–H and O–H groups in total. The van der Waals surface area contributed by atoms with Crippen LogP contribution in [0.4, 0.5) is 5.69 Å². The lowest BCUT2D eigenvalue weighted by Crippen LogP contribution is -2.32. The summed E-state index contributed by atoms with van der Waals surface area (Å²) in [6, 6.07) is 15.5. The average Bonchev–Trinajstić information content (AvgIpc) is 2.63. The second-order valence-electron chi connectivity index (χ2n) is 6.35. The minimum atomic E-state index is -0.164. The zero-order chi connectivity index (χ0) is 18.9. The minimum Gasteiger partial charge on any atom is -0.350 e. The fourth-order valence-corrected chi connectivity index (χ4v) is 3.11. The number of thioether (sulfide) groups is 1. The molecule has 0 aliphatic rings. The number of nitrogens with one attached hydrogen (secondary N) is 2. The second kappa shape index (κ2) is 10.0. The smallest absolute Gasteiger partial charge is 0.253 e. The predicted molar refractivity (Wildman–Crippen MR) is 110 cm³/mol. The molecule has 0 saturated carbocycles. The number of anilines is 1. The summed E-state index contributed by atoms with van der Waals surface area (Å²) in [5.41, 5.74) is 3.46. The van der Waals surface area contributed by atoms with Crippen molar-refractivity contribution >= 4 is 29.3 Å². The molecule has 5 heteroatoms. The van der Waals surface area contributed by atoms with Gasteiger partial charge >= 0.3 is 0 Å². The summed E-state index contributed by atoms with van der Waals surface area (Å²) in [6.07, 6.45) is 0.857. The number of aryl methyl sites for hydroxylation is 1. The van der Waals surface area contributed by atoms with Crippen LogP contribution >= 0.6 is 11.8 Å². The molecule has 0 heterocycles. The van der Waals surface area contributed by atoms with Gasteiger partial charge in [-0.05, 0) is 38.0 Å². The van der Waals surface area contributed by atoms with Crippen molar-refractivity contribution in [3.8, 4) is 0 Å². The summed E-state index contributed by atoms with van der Waals surface area (Å²) < 4.78 is 0. The Labute approximate surface area is 159 Å². The minimum absolute atomic E-state index is 0.0938. The third kappa shape index (κ3) is 6.23. The lowest BCUT2D eigenvalue weighted by atomic mass is 10.1. The van der Waals surface area contributed by atoms with Crippen molar-refractivity contribution in [3.05, 3.63) is 65.2 Å². The van der Waals surface area contributed by atoms with Gasteiger partial charge in [-0.3, -0.25) is 9.59 Å². The standard InChI is InChI=1S/C21H26N2O2S/c1-4-16(3)22-21(25)18-7-5-6-8-19(18)23-20(24)14-26-13-17-11-9-15(2)10-12-17/h5-12,16H,4,13-14H2,1-3H3,(H,22,25)(H,23,24)/t16-/m1/s1. The zero-order valence-electron chi connectivity index (χ0n) is 15.5. The van der Waals surface area contributed by atoms with Crippen molar-refractivity contribution in [2.24, 2.45) is 0 Å². The SMILES string of the molecule is CC[C@@H](C)NC(=O)c1ccccc1NC(=O)CSCc1ccc(C)cc1. The summed E-state index contributed by atoms with van der Waals surface area (Å²) >= 11 is 1.56. The van der Waals surface area contributed by atoms with Crippen LogP contribution in [0, 0.1) is 6.92 Å². The third-order valence-corrected chi connectivity index (χ3v) is 5.06. The highest BCUT2D eigenvalue weighted by atomic mass is 32.2. The Kier molecular flexibility index (Phi) is 7.73. The molecule has 0 fully saturated rings.